The van der Waals surface area contributed by atoms with Crippen molar-refractivity contribution < 1.29 is 9.53 Å². The van der Waals surface area contributed by atoms with Crippen LogP contribution in [0.4, 0.5) is 0 Å². The van der Waals surface area contributed by atoms with Gasteiger partial charge in [0.05, 0.1) is 13.2 Å². The number of aromatic nitrogens is 2. The monoisotopic (exact) mass is 437 g/mol. The summed E-state index contributed by atoms with van der Waals surface area (Å²) in [5, 5.41) is 7.80. The molecule has 1 N–H and O–H groups in total. The van der Waals surface area contributed by atoms with Crippen molar-refractivity contribution in [2.45, 2.75) is 45.4 Å². The van der Waals surface area contributed by atoms with E-state index in [4.69, 9.17) is 9.84 Å². The Kier molecular flexibility index (Phi) is 6.86. The van der Waals surface area contributed by atoms with E-state index in [9.17, 15) is 4.79 Å². The van der Waals surface area contributed by atoms with Gasteiger partial charge in [0, 0.05) is 63.5 Å². The third-order valence-electron chi connectivity index (χ3n) is 6.89. The number of benzene rings is 1. The summed E-state index contributed by atoms with van der Waals surface area (Å²) >= 11 is 0. The summed E-state index contributed by atoms with van der Waals surface area (Å²) in [6, 6.07) is 10.7. The van der Waals surface area contributed by atoms with Crippen LogP contribution in [0.15, 0.2) is 30.3 Å². The molecule has 1 aliphatic carbocycles. The van der Waals surface area contributed by atoms with E-state index in [-0.39, 0.29) is 5.91 Å². The Hall–Kier alpha value is -2.22. The van der Waals surface area contributed by atoms with Gasteiger partial charge in [0.15, 0.2) is 5.69 Å². The van der Waals surface area contributed by atoms with E-state index in [0.29, 0.717) is 18.8 Å². The van der Waals surface area contributed by atoms with Crippen molar-refractivity contribution >= 4 is 5.91 Å². The van der Waals surface area contributed by atoms with Crippen LogP contribution in [0, 0.1) is 5.92 Å². The summed E-state index contributed by atoms with van der Waals surface area (Å²) in [5.41, 5.74) is 4.18. The van der Waals surface area contributed by atoms with Crippen LogP contribution in [0.2, 0.25) is 0 Å². The van der Waals surface area contributed by atoms with E-state index < -0.39 is 0 Å². The Balaban J connectivity index is 1.05. The van der Waals surface area contributed by atoms with Crippen molar-refractivity contribution in [3.8, 4) is 0 Å². The lowest BCUT2D eigenvalue weighted by molar-refractivity contribution is 0.0919. The number of carbonyl (C=O) groups is 1. The van der Waals surface area contributed by atoms with Gasteiger partial charge in [0.25, 0.3) is 5.91 Å². The number of piperazine rings is 1. The van der Waals surface area contributed by atoms with Crippen LogP contribution in [-0.4, -0.2) is 71.4 Å². The molecule has 7 nitrogen and oxygen atoms in total. The van der Waals surface area contributed by atoms with Gasteiger partial charge in [-0.05, 0) is 37.3 Å². The van der Waals surface area contributed by atoms with Crippen molar-refractivity contribution in [1.82, 2.24) is 24.9 Å². The molecule has 1 saturated carbocycles. The lowest BCUT2D eigenvalue weighted by Crippen LogP contribution is -2.46. The van der Waals surface area contributed by atoms with Crippen molar-refractivity contribution in [1.29, 1.82) is 0 Å². The third kappa shape index (κ3) is 5.39. The minimum Gasteiger partial charge on any atom is -0.376 e. The second-order valence-electron chi connectivity index (χ2n) is 9.41. The summed E-state index contributed by atoms with van der Waals surface area (Å²) in [6.07, 6.45) is 4.39. The first-order valence-corrected chi connectivity index (χ1v) is 12.2. The van der Waals surface area contributed by atoms with Crippen LogP contribution < -0.4 is 5.32 Å². The zero-order chi connectivity index (χ0) is 21.8. The van der Waals surface area contributed by atoms with Gasteiger partial charge in [0.2, 0.25) is 0 Å². The van der Waals surface area contributed by atoms with Gasteiger partial charge in [-0.3, -0.25) is 14.4 Å². The summed E-state index contributed by atoms with van der Waals surface area (Å²) in [7, 11) is 0. The van der Waals surface area contributed by atoms with E-state index in [1.54, 1.807) is 0 Å². The van der Waals surface area contributed by atoms with Crippen LogP contribution in [0.3, 0.4) is 0 Å². The fraction of sp³-hybridized carbons (Fsp3) is 0.600. The van der Waals surface area contributed by atoms with Gasteiger partial charge in [-0.1, -0.05) is 30.3 Å². The molecule has 1 amide bonds. The summed E-state index contributed by atoms with van der Waals surface area (Å²) < 4.78 is 7.71. The number of hydrogen-bond donors (Lipinski definition) is 1. The second-order valence-corrected chi connectivity index (χ2v) is 9.41. The largest absolute Gasteiger partial charge is 0.376 e. The Bertz CT molecular complexity index is 901. The molecule has 3 heterocycles. The molecule has 7 heteroatoms. The lowest BCUT2D eigenvalue weighted by atomic mass is 10.1. The zero-order valence-corrected chi connectivity index (χ0v) is 19.0. The first-order chi connectivity index (χ1) is 15.8. The molecule has 1 aromatic heterocycles. The number of ether oxygens (including phenoxy) is 1. The topological polar surface area (TPSA) is 62.6 Å². The summed E-state index contributed by atoms with van der Waals surface area (Å²) in [6.45, 7) is 9.33. The number of rotatable bonds is 9. The molecule has 2 aliphatic heterocycles. The molecule has 0 bridgehead atoms. The van der Waals surface area contributed by atoms with Gasteiger partial charge in [-0.25, -0.2) is 0 Å². The number of nitrogens with one attached hydrogen (secondary N) is 1. The molecule has 0 spiro atoms. The van der Waals surface area contributed by atoms with E-state index in [0.717, 1.165) is 76.7 Å². The molecule has 1 aromatic carbocycles. The van der Waals surface area contributed by atoms with Gasteiger partial charge in [-0.2, -0.15) is 5.10 Å². The SMILES string of the molecule is O=C(NCCCN1CCN(Cc2ccccc2)CC1)c1nn(CC2CC2)c2c1COCC2. The molecule has 2 aromatic rings. The molecule has 5 rings (SSSR count). The first-order valence-electron chi connectivity index (χ1n) is 12.2. The minimum atomic E-state index is -0.0472. The van der Waals surface area contributed by atoms with Crippen LogP contribution >= 0.6 is 0 Å². The third-order valence-corrected chi connectivity index (χ3v) is 6.89. The molecule has 0 unspecified atom stereocenters. The number of carbonyl (C=O) groups excluding carboxylic acids is 1. The molecule has 3 aliphatic rings. The average Bonchev–Trinajstić information content (AvgIpc) is 3.58. The zero-order valence-electron chi connectivity index (χ0n) is 19.0. The predicted octanol–water partition coefficient (Wildman–Crippen LogP) is 2.30. The standard InChI is InChI=1S/C25H35N5O2/c31-25(24-22-19-32-16-9-23(22)30(27-24)18-21-7-8-21)26-10-4-11-28-12-14-29(15-13-28)17-20-5-2-1-3-6-20/h1-3,5-6,21H,4,7-19H2,(H,26,31). The van der Waals surface area contributed by atoms with Crippen LogP contribution in [0.25, 0.3) is 0 Å². The number of hydrogen-bond acceptors (Lipinski definition) is 5. The van der Waals surface area contributed by atoms with E-state index in [2.05, 4.69) is 50.1 Å². The summed E-state index contributed by atoms with van der Waals surface area (Å²) in [4.78, 5) is 17.9. The Morgan fingerprint density at radius 1 is 1.09 bits per heavy atom. The average molecular weight is 438 g/mol. The van der Waals surface area contributed by atoms with Crippen LogP contribution in [0.1, 0.15) is 46.6 Å². The maximum atomic E-state index is 12.8. The number of amides is 1. The second kappa shape index (κ2) is 10.1. The van der Waals surface area contributed by atoms with Crippen molar-refractivity contribution in [2.24, 2.45) is 5.92 Å². The Morgan fingerprint density at radius 2 is 1.88 bits per heavy atom. The molecule has 1 saturated heterocycles. The smallest absolute Gasteiger partial charge is 0.272 e. The van der Waals surface area contributed by atoms with E-state index in [1.807, 2.05) is 0 Å². The van der Waals surface area contributed by atoms with Crippen LogP contribution in [-0.2, 0) is 30.9 Å². The highest BCUT2D eigenvalue weighted by Crippen LogP contribution is 2.32. The lowest BCUT2D eigenvalue weighted by Gasteiger charge is -2.34. The predicted molar refractivity (Wildman–Crippen MR) is 123 cm³/mol. The van der Waals surface area contributed by atoms with Crippen LogP contribution in [0.5, 0.6) is 0 Å². The minimum absolute atomic E-state index is 0.0472. The number of fused-ring (bicyclic) bond motifs is 1. The highest BCUT2D eigenvalue weighted by atomic mass is 16.5. The molecular formula is C25H35N5O2. The molecular weight excluding hydrogens is 402 g/mol. The van der Waals surface area contributed by atoms with E-state index in [1.165, 1.54) is 24.1 Å². The Labute approximate surface area is 190 Å². The van der Waals surface area contributed by atoms with Gasteiger partial charge in [0.1, 0.15) is 0 Å². The highest BCUT2D eigenvalue weighted by Gasteiger charge is 2.29. The molecule has 0 atom stereocenters. The molecule has 0 radical (unpaired) electrons. The quantitative estimate of drug-likeness (QED) is 0.610. The maximum absolute atomic E-state index is 12.8. The normalized spacial score (nSPS) is 19.6. The fourth-order valence-corrected chi connectivity index (χ4v) is 4.79. The van der Waals surface area contributed by atoms with E-state index >= 15 is 0 Å². The fourth-order valence-electron chi connectivity index (χ4n) is 4.79. The van der Waals surface area contributed by atoms with Crippen molar-refractivity contribution in [3.05, 3.63) is 52.8 Å². The Morgan fingerprint density at radius 3 is 2.66 bits per heavy atom. The molecule has 32 heavy (non-hydrogen) atoms. The van der Waals surface area contributed by atoms with Gasteiger partial charge in [-0.15, -0.1) is 0 Å². The van der Waals surface area contributed by atoms with Crippen molar-refractivity contribution in [3.63, 3.8) is 0 Å². The highest BCUT2D eigenvalue weighted by molar-refractivity contribution is 5.94. The summed E-state index contributed by atoms with van der Waals surface area (Å²) in [5.74, 6) is 0.694. The maximum Gasteiger partial charge on any atom is 0.272 e. The molecule has 172 valence electrons. The van der Waals surface area contributed by atoms with Gasteiger partial charge < -0.3 is 15.0 Å². The van der Waals surface area contributed by atoms with Gasteiger partial charge >= 0.3 is 0 Å². The first kappa shape index (κ1) is 21.6. The van der Waals surface area contributed by atoms with Crippen molar-refractivity contribution in [2.75, 3.05) is 45.9 Å². The molecule has 2 fully saturated rings. The number of nitrogens with zero attached hydrogens (tertiary/aromatic N) is 4.